The van der Waals surface area contributed by atoms with Crippen molar-refractivity contribution in [1.82, 2.24) is 0 Å². The van der Waals surface area contributed by atoms with Crippen LogP contribution >= 0.6 is 27.5 Å². The first kappa shape index (κ1) is 60.9. The monoisotopic (exact) mass is 1100 g/mol. The number of esters is 3. The van der Waals surface area contributed by atoms with Crippen molar-refractivity contribution in [3.63, 3.8) is 0 Å². The third-order valence-corrected chi connectivity index (χ3v) is 14.2. The molecule has 0 bridgehead atoms. The Morgan fingerprint density at radius 1 is 0.944 bits per heavy atom. The summed E-state index contributed by atoms with van der Waals surface area (Å²) < 4.78 is 47.7. The van der Waals surface area contributed by atoms with Crippen molar-refractivity contribution in [1.29, 1.82) is 0 Å². The first-order chi connectivity index (χ1) is 33.7. The van der Waals surface area contributed by atoms with E-state index in [4.69, 9.17) is 49.5 Å². The van der Waals surface area contributed by atoms with Crippen molar-refractivity contribution in [3.05, 3.63) is 79.4 Å². The molecular formula is C52H74BrClO18. The van der Waals surface area contributed by atoms with E-state index in [9.17, 15) is 50.1 Å². The molecule has 14 atom stereocenters. The van der Waals surface area contributed by atoms with Gasteiger partial charge in [-0.2, -0.15) is 0 Å². The average molecular weight is 1100 g/mol. The maximum absolute atomic E-state index is 14.0. The van der Waals surface area contributed by atoms with Gasteiger partial charge in [0.1, 0.15) is 46.7 Å². The smallest absolute Gasteiger partial charge is 0.342 e. The fraction of sp³-hybridized carbons (Fsp3) is 0.635. The van der Waals surface area contributed by atoms with E-state index in [1.165, 1.54) is 33.1 Å². The summed E-state index contributed by atoms with van der Waals surface area (Å²) in [6.45, 7) is 18.2. The van der Waals surface area contributed by atoms with Gasteiger partial charge in [-0.1, -0.05) is 75.2 Å². The number of hydrogen-bond acceptors (Lipinski definition) is 18. The van der Waals surface area contributed by atoms with E-state index in [1.807, 2.05) is 32.9 Å². The van der Waals surface area contributed by atoms with Gasteiger partial charge in [0.05, 0.1) is 47.0 Å². The largest absolute Gasteiger partial charge is 0.505 e. The number of allylic oxidation sites excluding steroid dienone is 4. The van der Waals surface area contributed by atoms with E-state index in [0.29, 0.717) is 23.1 Å². The van der Waals surface area contributed by atoms with Crippen LogP contribution in [-0.4, -0.2) is 153 Å². The van der Waals surface area contributed by atoms with Crippen molar-refractivity contribution < 1.29 is 88.0 Å². The summed E-state index contributed by atoms with van der Waals surface area (Å²) in [5.41, 5.74) is 0.575. The molecule has 1 aromatic carbocycles. The zero-order valence-electron chi connectivity index (χ0n) is 43.0. The number of aliphatic hydroxyl groups excluding tert-OH is 5. The van der Waals surface area contributed by atoms with Gasteiger partial charge in [0.2, 0.25) is 0 Å². The van der Waals surface area contributed by atoms with Gasteiger partial charge in [0, 0.05) is 19.4 Å². The third kappa shape index (κ3) is 14.8. The topological polar surface area (TPSA) is 267 Å². The van der Waals surface area contributed by atoms with Crippen molar-refractivity contribution in [3.8, 4) is 11.5 Å². The zero-order valence-corrected chi connectivity index (χ0v) is 45.4. The minimum atomic E-state index is -1.60. The van der Waals surface area contributed by atoms with Crippen LogP contribution in [0.4, 0.5) is 0 Å². The van der Waals surface area contributed by atoms with Crippen LogP contribution in [-0.2, 0) is 53.9 Å². The van der Waals surface area contributed by atoms with Crippen LogP contribution in [0.3, 0.4) is 0 Å². The molecule has 2 saturated heterocycles. The molecule has 72 heavy (non-hydrogen) atoms. The summed E-state index contributed by atoms with van der Waals surface area (Å²) in [7, 11) is 1.27. The molecular weight excluding hydrogens is 1030 g/mol. The second-order valence-corrected chi connectivity index (χ2v) is 20.5. The van der Waals surface area contributed by atoms with E-state index in [-0.39, 0.29) is 40.4 Å². The summed E-state index contributed by atoms with van der Waals surface area (Å²) in [6.07, 6.45) is -5.20. The number of halogens is 2. The molecule has 0 aromatic heterocycles. The molecule has 0 amide bonds. The number of aromatic hydroxyl groups is 2. The van der Waals surface area contributed by atoms with Crippen LogP contribution in [0, 0.1) is 11.8 Å². The van der Waals surface area contributed by atoms with Crippen molar-refractivity contribution in [2.24, 2.45) is 11.8 Å². The van der Waals surface area contributed by atoms with Crippen molar-refractivity contribution in [2.45, 2.75) is 187 Å². The fourth-order valence-electron chi connectivity index (χ4n) is 8.60. The minimum absolute atomic E-state index is 0.0291. The number of benzene rings is 1. The molecule has 7 N–H and O–H groups in total. The molecule has 20 heteroatoms. The number of carbonyl (C=O) groups is 3. The van der Waals surface area contributed by atoms with Crippen molar-refractivity contribution >= 4 is 45.4 Å². The predicted molar refractivity (Wildman–Crippen MR) is 268 cm³/mol. The highest BCUT2D eigenvalue weighted by molar-refractivity contribution is 9.10. The molecule has 0 spiro atoms. The molecule has 2 fully saturated rings. The molecule has 3 aliphatic heterocycles. The lowest BCUT2D eigenvalue weighted by Gasteiger charge is -2.47. The molecule has 5 unspecified atom stereocenters. The number of phenolic OH excluding ortho intramolecular Hbond substituents is 2. The molecule has 4 rings (SSSR count). The lowest BCUT2D eigenvalue weighted by molar-refractivity contribution is -0.333. The highest BCUT2D eigenvalue weighted by atomic mass is 79.9. The van der Waals surface area contributed by atoms with Gasteiger partial charge in [0.15, 0.2) is 36.3 Å². The Morgan fingerprint density at radius 3 is 2.21 bits per heavy atom. The first-order valence-corrected chi connectivity index (χ1v) is 25.3. The molecule has 0 saturated carbocycles. The molecule has 0 aliphatic carbocycles. The van der Waals surface area contributed by atoms with Crippen LogP contribution in [0.2, 0.25) is 5.02 Å². The number of aliphatic hydroxyl groups is 5. The van der Waals surface area contributed by atoms with Crippen LogP contribution in [0.5, 0.6) is 11.5 Å². The van der Waals surface area contributed by atoms with E-state index in [2.05, 4.69) is 15.9 Å². The predicted octanol–water partition coefficient (Wildman–Crippen LogP) is 6.34. The molecule has 1 aromatic rings. The second kappa shape index (κ2) is 26.7. The number of methoxy groups -OCH3 is 1. The zero-order chi connectivity index (χ0) is 54.1. The Morgan fingerprint density at radius 2 is 1.61 bits per heavy atom. The van der Waals surface area contributed by atoms with Gasteiger partial charge in [-0.25, -0.2) is 9.59 Å². The maximum atomic E-state index is 14.0. The van der Waals surface area contributed by atoms with Crippen LogP contribution in [0.25, 0.3) is 0 Å². The Kier molecular flexibility index (Phi) is 22.5. The SMILES string of the molecule is CCc1c(Br)c(O)c(Cl)c(O)c1C(=O)O[C@@H]1[C@@H](O)[C@@H](OC)[C@@H](OCC2=CC=CCC(O)C(C)=CC(CC)C(O[C@@H]3OC(C)(C)[C@@H](OC(=O)C(C)C)[C@H](O)[C@@H]3O)C(C)=CC(C)=CCC(C(C)O)OC2=O)O[C@H]1C. The number of cyclic esters (lactones) is 1. The molecule has 18 nitrogen and oxygen atoms in total. The minimum Gasteiger partial charge on any atom is -0.505 e. The molecule has 3 aliphatic rings. The Hall–Kier alpha value is -3.70. The van der Waals surface area contributed by atoms with Gasteiger partial charge in [-0.3, -0.25) is 4.79 Å². The second-order valence-electron chi connectivity index (χ2n) is 19.4. The summed E-state index contributed by atoms with van der Waals surface area (Å²) in [4.78, 5) is 40.0. The maximum Gasteiger partial charge on any atom is 0.342 e. The van der Waals surface area contributed by atoms with Crippen LogP contribution in [0.1, 0.15) is 111 Å². The van der Waals surface area contributed by atoms with E-state index >= 15 is 0 Å². The lowest BCUT2D eigenvalue weighted by Crippen LogP contribution is -2.64. The standard InChI is InChI=1S/C52H74BrClO18/c1-13-30-22-26(6)33(56)18-16-15-17-31(23-66-51-45(65-12)42(61)44(29(9)67-51)69-49(64)35-32(14-2)36(53)39(58)37(54)38(35)57)48(63)68-34(28(8)55)20-19-25(5)21-27(7)43(30)70-50-41(60)40(59)46(52(10,11)72-50)71-47(62)24(3)4/h15-17,19,21-22,24,28-30,33-34,40-46,50-51,55-61H,13-14,18,20,23H2,1-12H3/t28?,29-,30?,33?,34?,40+,41-,42+,43?,44-,45+,46-,50+,51-/m0/s1. The van der Waals surface area contributed by atoms with Gasteiger partial charge in [-0.05, 0) is 106 Å². The number of carbonyl (C=O) groups excluding carboxylic acids is 3. The van der Waals surface area contributed by atoms with E-state index in [1.54, 1.807) is 53.7 Å². The Bertz CT molecular complexity index is 2220. The average Bonchev–Trinajstić information content (AvgIpc) is 3.32. The highest BCUT2D eigenvalue weighted by Gasteiger charge is 2.53. The molecule has 0 radical (unpaired) electrons. The lowest BCUT2D eigenvalue weighted by atomic mass is 9.88. The van der Waals surface area contributed by atoms with Gasteiger partial charge in [-0.15, -0.1) is 0 Å². The van der Waals surface area contributed by atoms with Gasteiger partial charge >= 0.3 is 17.9 Å². The molecule has 404 valence electrons. The normalized spacial score (nSPS) is 31.5. The summed E-state index contributed by atoms with van der Waals surface area (Å²) >= 11 is 9.30. The number of rotatable bonds is 13. The number of ether oxygens (including phenoxy) is 8. The summed E-state index contributed by atoms with van der Waals surface area (Å²) in [6, 6.07) is 0. The van der Waals surface area contributed by atoms with Crippen LogP contribution < -0.4 is 0 Å². The number of phenols is 2. The number of hydrogen-bond donors (Lipinski definition) is 7. The van der Waals surface area contributed by atoms with Crippen molar-refractivity contribution in [2.75, 3.05) is 13.7 Å². The first-order valence-electron chi connectivity index (χ1n) is 24.2. The highest BCUT2D eigenvalue weighted by Crippen LogP contribution is 2.45. The third-order valence-electron chi connectivity index (χ3n) is 13.0. The van der Waals surface area contributed by atoms with E-state index in [0.717, 1.165) is 0 Å². The fourth-order valence-corrected chi connectivity index (χ4v) is 9.58. The summed E-state index contributed by atoms with van der Waals surface area (Å²) in [5, 5.41) is 76.9. The quantitative estimate of drug-likeness (QED) is 0.0645. The van der Waals surface area contributed by atoms with Crippen LogP contribution in [0.15, 0.2) is 63.2 Å². The summed E-state index contributed by atoms with van der Waals surface area (Å²) in [5.74, 6) is -4.51. The van der Waals surface area contributed by atoms with Gasteiger partial charge in [0.25, 0.3) is 0 Å². The van der Waals surface area contributed by atoms with Gasteiger partial charge < -0.3 is 73.6 Å². The molecule has 3 heterocycles. The Labute approximate surface area is 435 Å². The van der Waals surface area contributed by atoms with E-state index < -0.39 is 138 Å². The Balaban J connectivity index is 1.61.